The Hall–Kier alpha value is -0.370. The molecular formula is C13H19Cl2NO4S. The van der Waals surface area contributed by atoms with Gasteiger partial charge in [0.1, 0.15) is 4.90 Å². The summed E-state index contributed by atoms with van der Waals surface area (Å²) in [7, 11) is -2.33. The lowest BCUT2D eigenvalue weighted by atomic mass is 10.2. The number of aliphatic hydroxyl groups is 1. The highest BCUT2D eigenvalue weighted by Crippen LogP contribution is 2.32. The first-order valence-electron chi connectivity index (χ1n) is 6.39. The van der Waals surface area contributed by atoms with Gasteiger partial charge in [-0.05, 0) is 24.6 Å². The van der Waals surface area contributed by atoms with E-state index in [0.717, 1.165) is 0 Å². The molecule has 21 heavy (non-hydrogen) atoms. The lowest BCUT2D eigenvalue weighted by Crippen LogP contribution is -2.41. The van der Waals surface area contributed by atoms with E-state index in [1.165, 1.54) is 23.5 Å². The van der Waals surface area contributed by atoms with Gasteiger partial charge in [0.15, 0.2) is 0 Å². The van der Waals surface area contributed by atoms with Crippen LogP contribution < -0.4 is 0 Å². The van der Waals surface area contributed by atoms with Crippen molar-refractivity contribution in [3.63, 3.8) is 0 Å². The fourth-order valence-electron chi connectivity index (χ4n) is 2.09. The Kier molecular flexibility index (Phi) is 6.90. The number of halogens is 2. The average Bonchev–Trinajstić information content (AvgIpc) is 2.41. The number of sulfonamides is 1. The van der Waals surface area contributed by atoms with Gasteiger partial charge in [0, 0.05) is 24.7 Å². The molecule has 1 rings (SSSR count). The van der Waals surface area contributed by atoms with E-state index in [0.29, 0.717) is 0 Å². The molecule has 8 heteroatoms. The molecule has 1 aromatic rings. The number of likely N-dealkylation sites (N-methyl/N-ethyl adjacent to an activating group) is 1. The van der Waals surface area contributed by atoms with Gasteiger partial charge < -0.3 is 9.84 Å². The molecule has 0 heterocycles. The van der Waals surface area contributed by atoms with E-state index >= 15 is 0 Å². The number of rotatable bonds is 7. The Morgan fingerprint density at radius 3 is 2.48 bits per heavy atom. The monoisotopic (exact) mass is 355 g/mol. The first-order valence-corrected chi connectivity index (χ1v) is 8.58. The van der Waals surface area contributed by atoms with Crippen LogP contribution in [0.1, 0.15) is 19.4 Å². The predicted molar refractivity (Wildman–Crippen MR) is 83.3 cm³/mol. The number of hydrogen-bond acceptors (Lipinski definition) is 4. The van der Waals surface area contributed by atoms with Crippen molar-refractivity contribution in [2.24, 2.45) is 0 Å². The van der Waals surface area contributed by atoms with Crippen LogP contribution >= 0.6 is 23.2 Å². The van der Waals surface area contributed by atoms with Crippen molar-refractivity contribution in [2.75, 3.05) is 20.3 Å². The van der Waals surface area contributed by atoms with Gasteiger partial charge in [0.2, 0.25) is 10.0 Å². The van der Waals surface area contributed by atoms with E-state index in [4.69, 9.17) is 27.9 Å². The lowest BCUT2D eigenvalue weighted by molar-refractivity contribution is 0.142. The molecule has 0 saturated carbocycles. The maximum Gasteiger partial charge on any atom is 0.244 e. The van der Waals surface area contributed by atoms with Crippen molar-refractivity contribution in [2.45, 2.75) is 31.4 Å². The average molecular weight is 356 g/mol. The van der Waals surface area contributed by atoms with Gasteiger partial charge in [-0.3, -0.25) is 0 Å². The number of ether oxygens (including phenoxy) is 1. The van der Waals surface area contributed by atoms with Gasteiger partial charge in [-0.25, -0.2) is 8.42 Å². The normalized spacial score (nSPS) is 13.7. The van der Waals surface area contributed by atoms with Crippen LogP contribution in [0.5, 0.6) is 0 Å². The van der Waals surface area contributed by atoms with Crippen LogP contribution in [0.3, 0.4) is 0 Å². The Bertz CT molecular complexity index is 592. The summed E-state index contributed by atoms with van der Waals surface area (Å²) in [6.07, 6.45) is 0. The molecule has 5 nitrogen and oxygen atoms in total. The second-order valence-electron chi connectivity index (χ2n) is 4.55. The number of hydrogen-bond donors (Lipinski definition) is 1. The summed E-state index contributed by atoms with van der Waals surface area (Å²) >= 11 is 12.0. The van der Waals surface area contributed by atoms with E-state index in [1.54, 1.807) is 13.8 Å². The first kappa shape index (κ1) is 18.7. The SMILES string of the molecule is CCN(C(C)COC)S(=O)(=O)c1cc(Cl)cc(CO)c1Cl. The third-order valence-electron chi connectivity index (χ3n) is 3.05. The highest BCUT2D eigenvalue weighted by molar-refractivity contribution is 7.89. The van der Waals surface area contributed by atoms with Crippen molar-refractivity contribution < 1.29 is 18.3 Å². The molecule has 0 saturated heterocycles. The zero-order valence-corrected chi connectivity index (χ0v) is 14.5. The van der Waals surface area contributed by atoms with E-state index in [2.05, 4.69) is 0 Å². The first-order chi connectivity index (χ1) is 9.79. The number of nitrogens with zero attached hydrogens (tertiary/aromatic N) is 1. The Morgan fingerprint density at radius 1 is 1.38 bits per heavy atom. The molecule has 0 bridgehead atoms. The van der Waals surface area contributed by atoms with E-state index in [-0.39, 0.29) is 46.3 Å². The minimum Gasteiger partial charge on any atom is -0.392 e. The number of benzene rings is 1. The molecule has 1 aromatic carbocycles. The van der Waals surface area contributed by atoms with E-state index < -0.39 is 10.0 Å². The molecule has 0 spiro atoms. The van der Waals surface area contributed by atoms with Crippen LogP contribution in [0, 0.1) is 0 Å². The molecule has 120 valence electrons. The van der Waals surface area contributed by atoms with Crippen LogP contribution in [0.2, 0.25) is 10.0 Å². The molecule has 0 aliphatic rings. The molecular weight excluding hydrogens is 337 g/mol. The van der Waals surface area contributed by atoms with Crippen LogP contribution in [-0.2, 0) is 21.4 Å². The van der Waals surface area contributed by atoms with E-state index in [1.807, 2.05) is 0 Å². The molecule has 0 aromatic heterocycles. The minimum absolute atomic E-state index is 0.00929. The van der Waals surface area contributed by atoms with Crippen LogP contribution in [0.4, 0.5) is 0 Å². The summed E-state index contributed by atoms with van der Waals surface area (Å²) in [5.41, 5.74) is 0.276. The summed E-state index contributed by atoms with van der Waals surface area (Å²) in [5, 5.41) is 9.45. The van der Waals surface area contributed by atoms with Crippen molar-refractivity contribution in [1.82, 2.24) is 4.31 Å². The molecule has 0 aliphatic heterocycles. The zero-order chi connectivity index (χ0) is 16.2. The summed E-state index contributed by atoms with van der Waals surface area (Å²) in [4.78, 5) is -0.106. The standard InChI is InChI=1S/C13H19Cl2NO4S/c1-4-16(9(2)8-20-3)21(18,19)12-6-11(14)5-10(7-17)13(12)15/h5-6,9,17H,4,7-8H2,1-3H3. The Morgan fingerprint density at radius 2 is 2.00 bits per heavy atom. The summed E-state index contributed by atoms with van der Waals surface area (Å²) < 4.78 is 31.8. The van der Waals surface area contributed by atoms with E-state index in [9.17, 15) is 13.5 Å². The highest BCUT2D eigenvalue weighted by Gasteiger charge is 2.30. The topological polar surface area (TPSA) is 66.8 Å². The predicted octanol–water partition coefficient (Wildman–Crippen LogP) is 2.53. The molecule has 1 unspecified atom stereocenters. The molecule has 0 aliphatic carbocycles. The Balaban J connectivity index is 3.39. The maximum atomic E-state index is 12.8. The van der Waals surface area contributed by atoms with Crippen LogP contribution in [-0.4, -0.2) is 44.1 Å². The molecule has 0 amide bonds. The third kappa shape index (κ3) is 4.09. The van der Waals surface area contributed by atoms with Gasteiger partial charge >= 0.3 is 0 Å². The molecule has 0 fully saturated rings. The van der Waals surface area contributed by atoms with Crippen LogP contribution in [0.25, 0.3) is 0 Å². The summed E-state index contributed by atoms with van der Waals surface area (Å²) in [6, 6.07) is 2.39. The Labute approximate surface area is 135 Å². The largest absolute Gasteiger partial charge is 0.392 e. The quantitative estimate of drug-likeness (QED) is 0.815. The minimum atomic E-state index is -3.83. The second kappa shape index (κ2) is 7.76. The summed E-state index contributed by atoms with van der Waals surface area (Å²) in [5.74, 6) is 0. The van der Waals surface area contributed by atoms with Gasteiger partial charge in [0.05, 0.1) is 18.2 Å². The zero-order valence-electron chi connectivity index (χ0n) is 12.1. The smallest absolute Gasteiger partial charge is 0.244 e. The number of aliphatic hydroxyl groups excluding tert-OH is 1. The molecule has 1 N–H and O–H groups in total. The summed E-state index contributed by atoms with van der Waals surface area (Å²) in [6.45, 7) is 3.62. The van der Waals surface area contributed by atoms with Crippen molar-refractivity contribution in [3.05, 3.63) is 27.7 Å². The van der Waals surface area contributed by atoms with Crippen molar-refractivity contribution >= 4 is 33.2 Å². The second-order valence-corrected chi connectivity index (χ2v) is 7.22. The molecule has 1 atom stereocenters. The fraction of sp³-hybridized carbons (Fsp3) is 0.538. The van der Waals surface area contributed by atoms with Gasteiger partial charge in [-0.1, -0.05) is 30.1 Å². The van der Waals surface area contributed by atoms with Crippen molar-refractivity contribution in [3.8, 4) is 0 Å². The fourth-order valence-corrected chi connectivity index (χ4v) is 4.62. The van der Waals surface area contributed by atoms with Gasteiger partial charge in [0.25, 0.3) is 0 Å². The van der Waals surface area contributed by atoms with Crippen molar-refractivity contribution in [1.29, 1.82) is 0 Å². The van der Waals surface area contributed by atoms with Gasteiger partial charge in [-0.2, -0.15) is 4.31 Å². The number of methoxy groups -OCH3 is 1. The van der Waals surface area contributed by atoms with Crippen LogP contribution in [0.15, 0.2) is 17.0 Å². The third-order valence-corrected chi connectivity index (χ3v) is 5.94. The van der Waals surface area contributed by atoms with Gasteiger partial charge in [-0.15, -0.1) is 0 Å². The lowest BCUT2D eigenvalue weighted by Gasteiger charge is -2.27. The highest BCUT2D eigenvalue weighted by atomic mass is 35.5. The molecule has 0 radical (unpaired) electrons. The maximum absolute atomic E-state index is 12.8.